The summed E-state index contributed by atoms with van der Waals surface area (Å²) in [5, 5.41) is 5.13. The van der Waals surface area contributed by atoms with E-state index in [1.165, 1.54) is 0 Å². The first-order valence-corrected chi connectivity index (χ1v) is 9.75. The molecular weight excluding hydrogens is 392 g/mol. The molecule has 30 heavy (non-hydrogen) atoms. The Morgan fingerprint density at radius 3 is 1.90 bits per heavy atom. The molecule has 0 aliphatic heterocycles. The van der Waals surface area contributed by atoms with Crippen LogP contribution < -0.4 is 10.6 Å². The summed E-state index contributed by atoms with van der Waals surface area (Å²) in [5.74, 6) is 4.33. The standard InChI is InChI=1S/C21H34N2O7/c1-6-8-18(23-20(25)30-21(3,4)5)19(24)22-9-11-27-13-15-29-17-16-28-14-12-26-10-7-2/h1-2,18H,8-17H2,3-5H3,(H,22,24)(H,23,25). The topological polar surface area (TPSA) is 104 Å². The Hall–Kier alpha value is -2.30. The fourth-order valence-electron chi connectivity index (χ4n) is 1.94. The van der Waals surface area contributed by atoms with Crippen LogP contribution in [0.4, 0.5) is 4.79 Å². The average Bonchev–Trinajstić information content (AvgIpc) is 2.66. The molecule has 0 heterocycles. The molecule has 1 unspecified atom stereocenters. The first-order valence-electron chi connectivity index (χ1n) is 9.75. The number of carbonyl (C=O) groups excluding carboxylic acids is 2. The van der Waals surface area contributed by atoms with Crippen molar-refractivity contribution in [2.24, 2.45) is 0 Å². The zero-order valence-corrected chi connectivity index (χ0v) is 18.2. The molecule has 9 nitrogen and oxygen atoms in total. The third-order valence-electron chi connectivity index (χ3n) is 3.18. The molecule has 0 bridgehead atoms. The third kappa shape index (κ3) is 17.8. The van der Waals surface area contributed by atoms with Crippen LogP contribution in [0.5, 0.6) is 0 Å². The molecule has 1 atom stereocenters. The van der Waals surface area contributed by atoms with E-state index >= 15 is 0 Å². The van der Waals surface area contributed by atoms with Gasteiger partial charge in [0.05, 0.1) is 46.2 Å². The zero-order chi connectivity index (χ0) is 22.7. The lowest BCUT2D eigenvalue weighted by Gasteiger charge is -2.22. The summed E-state index contributed by atoms with van der Waals surface area (Å²) in [4.78, 5) is 24.0. The Balaban J connectivity index is 3.73. The normalized spacial score (nSPS) is 11.8. The zero-order valence-electron chi connectivity index (χ0n) is 18.2. The van der Waals surface area contributed by atoms with Crippen LogP contribution in [0.1, 0.15) is 27.2 Å². The number of amides is 2. The number of alkyl carbamates (subject to hydrolysis) is 1. The Kier molecular flexibility index (Phi) is 16.2. The van der Waals surface area contributed by atoms with Crippen molar-refractivity contribution < 1.29 is 33.3 Å². The molecule has 0 aromatic heterocycles. The maximum absolute atomic E-state index is 12.2. The Labute approximate surface area is 179 Å². The van der Waals surface area contributed by atoms with E-state index in [9.17, 15) is 9.59 Å². The van der Waals surface area contributed by atoms with Gasteiger partial charge < -0.3 is 34.3 Å². The van der Waals surface area contributed by atoms with Crippen LogP contribution in [0.3, 0.4) is 0 Å². The molecule has 0 saturated carbocycles. The Morgan fingerprint density at radius 1 is 0.867 bits per heavy atom. The summed E-state index contributed by atoms with van der Waals surface area (Å²) < 4.78 is 26.2. The summed E-state index contributed by atoms with van der Waals surface area (Å²) in [5.41, 5.74) is -0.667. The number of hydrogen-bond donors (Lipinski definition) is 2. The lowest BCUT2D eigenvalue weighted by molar-refractivity contribution is -0.123. The van der Waals surface area contributed by atoms with Gasteiger partial charge in [-0.3, -0.25) is 4.79 Å². The van der Waals surface area contributed by atoms with Crippen LogP contribution >= 0.6 is 0 Å². The second-order valence-corrected chi connectivity index (χ2v) is 6.99. The van der Waals surface area contributed by atoms with Gasteiger partial charge in [0, 0.05) is 13.0 Å². The number of carbonyl (C=O) groups is 2. The first-order chi connectivity index (χ1) is 14.3. The van der Waals surface area contributed by atoms with Crippen molar-refractivity contribution >= 4 is 12.0 Å². The summed E-state index contributed by atoms with van der Waals surface area (Å²) in [7, 11) is 0. The summed E-state index contributed by atoms with van der Waals surface area (Å²) in [6.07, 6.45) is 9.67. The van der Waals surface area contributed by atoms with E-state index in [-0.39, 0.29) is 19.6 Å². The van der Waals surface area contributed by atoms with Gasteiger partial charge in [0.2, 0.25) is 5.91 Å². The number of terminal acetylenes is 2. The minimum absolute atomic E-state index is 0.0535. The van der Waals surface area contributed by atoms with Crippen LogP contribution in [-0.4, -0.2) is 83.0 Å². The second kappa shape index (κ2) is 17.5. The fraction of sp³-hybridized carbons (Fsp3) is 0.714. The van der Waals surface area contributed by atoms with E-state index in [0.717, 1.165) is 0 Å². The van der Waals surface area contributed by atoms with E-state index in [0.29, 0.717) is 46.2 Å². The van der Waals surface area contributed by atoms with Crippen molar-refractivity contribution in [1.29, 1.82) is 0 Å². The molecule has 2 N–H and O–H groups in total. The molecule has 0 aliphatic carbocycles. The molecule has 0 rings (SSSR count). The summed E-state index contributed by atoms with van der Waals surface area (Å²) in [6, 6.07) is -0.870. The van der Waals surface area contributed by atoms with Gasteiger partial charge in [-0.1, -0.05) is 5.92 Å². The number of nitrogens with one attached hydrogen (secondary N) is 2. The van der Waals surface area contributed by atoms with Gasteiger partial charge in [-0.05, 0) is 20.8 Å². The number of hydrogen-bond acceptors (Lipinski definition) is 7. The molecule has 0 aromatic carbocycles. The quantitative estimate of drug-likeness (QED) is 0.277. The maximum atomic E-state index is 12.2. The first kappa shape index (κ1) is 27.7. The smallest absolute Gasteiger partial charge is 0.408 e. The lowest BCUT2D eigenvalue weighted by Crippen LogP contribution is -2.48. The minimum atomic E-state index is -0.870. The third-order valence-corrected chi connectivity index (χ3v) is 3.18. The van der Waals surface area contributed by atoms with Crippen molar-refractivity contribution in [3.63, 3.8) is 0 Å². The highest BCUT2D eigenvalue weighted by molar-refractivity contribution is 5.85. The van der Waals surface area contributed by atoms with Gasteiger partial charge in [0.15, 0.2) is 0 Å². The lowest BCUT2D eigenvalue weighted by atomic mass is 10.2. The van der Waals surface area contributed by atoms with E-state index in [4.69, 9.17) is 36.5 Å². The van der Waals surface area contributed by atoms with Crippen molar-refractivity contribution in [2.45, 2.75) is 38.8 Å². The van der Waals surface area contributed by atoms with Crippen molar-refractivity contribution in [3.8, 4) is 24.7 Å². The second-order valence-electron chi connectivity index (χ2n) is 6.99. The predicted molar refractivity (Wildman–Crippen MR) is 112 cm³/mol. The van der Waals surface area contributed by atoms with E-state index in [2.05, 4.69) is 22.5 Å². The summed E-state index contributed by atoms with van der Waals surface area (Å²) >= 11 is 0. The summed E-state index contributed by atoms with van der Waals surface area (Å²) in [6.45, 7) is 8.65. The molecule has 0 spiro atoms. The number of ether oxygens (including phenoxy) is 5. The van der Waals surface area contributed by atoms with E-state index in [1.54, 1.807) is 20.8 Å². The van der Waals surface area contributed by atoms with Gasteiger partial charge in [0.25, 0.3) is 0 Å². The highest BCUT2D eigenvalue weighted by Crippen LogP contribution is 2.07. The Morgan fingerprint density at radius 2 is 1.40 bits per heavy atom. The molecule has 2 amide bonds. The van der Waals surface area contributed by atoms with Gasteiger partial charge >= 0.3 is 6.09 Å². The van der Waals surface area contributed by atoms with Crippen LogP contribution in [0.15, 0.2) is 0 Å². The fourth-order valence-corrected chi connectivity index (χ4v) is 1.94. The van der Waals surface area contributed by atoms with Crippen LogP contribution in [0.25, 0.3) is 0 Å². The van der Waals surface area contributed by atoms with Gasteiger partial charge in [0.1, 0.15) is 18.2 Å². The maximum Gasteiger partial charge on any atom is 0.408 e. The molecule has 170 valence electrons. The number of rotatable bonds is 16. The van der Waals surface area contributed by atoms with Crippen molar-refractivity contribution in [1.82, 2.24) is 10.6 Å². The minimum Gasteiger partial charge on any atom is -0.444 e. The highest BCUT2D eigenvalue weighted by atomic mass is 16.6. The van der Waals surface area contributed by atoms with Crippen molar-refractivity contribution in [3.05, 3.63) is 0 Å². The Bertz CT molecular complexity index is 561. The SMILES string of the molecule is C#CCOCCOCCOCCOCCNC(=O)C(CC#C)NC(=O)OC(C)(C)C. The highest BCUT2D eigenvalue weighted by Gasteiger charge is 2.23. The van der Waals surface area contributed by atoms with Gasteiger partial charge in [-0.2, -0.15) is 0 Å². The van der Waals surface area contributed by atoms with Crippen LogP contribution in [0.2, 0.25) is 0 Å². The van der Waals surface area contributed by atoms with Crippen LogP contribution in [0, 0.1) is 24.7 Å². The average molecular weight is 427 g/mol. The molecule has 9 heteroatoms. The largest absolute Gasteiger partial charge is 0.444 e. The van der Waals surface area contributed by atoms with Gasteiger partial charge in [-0.15, -0.1) is 18.8 Å². The monoisotopic (exact) mass is 426 g/mol. The molecule has 0 aromatic rings. The van der Waals surface area contributed by atoms with E-state index in [1.807, 2.05) is 0 Å². The van der Waals surface area contributed by atoms with E-state index < -0.39 is 23.6 Å². The molecular formula is C21H34N2O7. The van der Waals surface area contributed by atoms with Gasteiger partial charge in [-0.25, -0.2) is 4.79 Å². The molecule has 0 saturated heterocycles. The predicted octanol–water partition coefficient (Wildman–Crippen LogP) is 0.719. The molecule has 0 fully saturated rings. The van der Waals surface area contributed by atoms with Crippen LogP contribution in [-0.2, 0) is 28.5 Å². The molecule has 0 radical (unpaired) electrons. The molecule has 0 aliphatic rings. The van der Waals surface area contributed by atoms with Crippen molar-refractivity contribution in [2.75, 3.05) is 59.4 Å².